The largest absolute Gasteiger partial charge is 0.497 e. The molecule has 1 fully saturated rings. The molecule has 142 valence electrons. The number of carbonyl (C=O) groups excluding carboxylic acids is 1. The van der Waals surface area contributed by atoms with Crippen molar-refractivity contribution in [2.45, 2.75) is 0 Å². The maximum Gasteiger partial charge on any atom is 0.185 e. The number of carbonyl (C=O) groups is 1. The molecule has 0 aromatic heterocycles. The van der Waals surface area contributed by atoms with E-state index in [1.165, 1.54) is 0 Å². The molecule has 0 bridgehead atoms. The number of ketones is 1. The minimum Gasteiger partial charge on any atom is -0.497 e. The number of rotatable bonds is 8. The van der Waals surface area contributed by atoms with Crippen molar-refractivity contribution in [1.82, 2.24) is 4.90 Å². The molecule has 27 heavy (non-hydrogen) atoms. The number of methoxy groups -OCH3 is 1. The second-order valence-electron chi connectivity index (χ2n) is 6.30. The predicted molar refractivity (Wildman–Crippen MR) is 106 cm³/mol. The highest BCUT2D eigenvalue weighted by Gasteiger charge is 2.09. The van der Waals surface area contributed by atoms with Crippen molar-refractivity contribution in [3.8, 4) is 11.5 Å². The molecule has 2 aromatic rings. The molecular formula is C22H25NO4. The van der Waals surface area contributed by atoms with Gasteiger partial charge in [-0.15, -0.1) is 0 Å². The van der Waals surface area contributed by atoms with E-state index in [4.69, 9.17) is 14.2 Å². The van der Waals surface area contributed by atoms with E-state index in [0.717, 1.165) is 44.2 Å². The van der Waals surface area contributed by atoms with Crippen LogP contribution in [0, 0.1) is 0 Å². The van der Waals surface area contributed by atoms with Crippen LogP contribution in [0.5, 0.6) is 11.5 Å². The van der Waals surface area contributed by atoms with Crippen molar-refractivity contribution < 1.29 is 19.0 Å². The van der Waals surface area contributed by atoms with Crippen molar-refractivity contribution in [3.63, 3.8) is 0 Å². The SMILES string of the molecule is COc1cccc(C(=O)/C=C/c2ccc(OCCN3CCOCC3)cc2)c1. The third-order valence-electron chi connectivity index (χ3n) is 4.44. The van der Waals surface area contributed by atoms with Gasteiger partial charge >= 0.3 is 0 Å². The second kappa shape index (κ2) is 9.90. The standard InChI is InChI=1S/C22H25NO4/c1-25-21-4-2-3-19(17-21)22(24)10-7-18-5-8-20(9-6-18)27-16-13-23-11-14-26-15-12-23/h2-10,17H,11-16H2,1H3/b10-7+. The lowest BCUT2D eigenvalue weighted by Crippen LogP contribution is -2.38. The lowest BCUT2D eigenvalue weighted by atomic mass is 10.1. The molecule has 0 spiro atoms. The fraction of sp³-hybridized carbons (Fsp3) is 0.318. The highest BCUT2D eigenvalue weighted by molar-refractivity contribution is 6.07. The van der Waals surface area contributed by atoms with Crippen LogP contribution in [0.15, 0.2) is 54.6 Å². The molecule has 3 rings (SSSR count). The molecule has 5 nitrogen and oxygen atoms in total. The van der Waals surface area contributed by atoms with E-state index < -0.39 is 0 Å². The Morgan fingerprint density at radius 2 is 1.89 bits per heavy atom. The summed E-state index contributed by atoms with van der Waals surface area (Å²) in [6.45, 7) is 5.09. The lowest BCUT2D eigenvalue weighted by molar-refractivity contribution is 0.0322. The summed E-state index contributed by atoms with van der Waals surface area (Å²) in [6.07, 6.45) is 3.38. The minimum absolute atomic E-state index is 0.0558. The third kappa shape index (κ3) is 5.94. The van der Waals surface area contributed by atoms with Gasteiger partial charge in [0.05, 0.1) is 20.3 Å². The van der Waals surface area contributed by atoms with Crippen LogP contribution in [0.1, 0.15) is 15.9 Å². The second-order valence-corrected chi connectivity index (χ2v) is 6.30. The molecule has 0 saturated carbocycles. The summed E-state index contributed by atoms with van der Waals surface area (Å²) >= 11 is 0. The van der Waals surface area contributed by atoms with Crippen LogP contribution in [-0.2, 0) is 4.74 Å². The first-order valence-electron chi connectivity index (χ1n) is 9.14. The smallest absolute Gasteiger partial charge is 0.185 e. The van der Waals surface area contributed by atoms with E-state index in [9.17, 15) is 4.79 Å². The Morgan fingerprint density at radius 1 is 1.11 bits per heavy atom. The van der Waals surface area contributed by atoms with E-state index in [1.54, 1.807) is 31.4 Å². The molecule has 0 atom stereocenters. The zero-order valence-electron chi connectivity index (χ0n) is 15.6. The molecule has 5 heteroatoms. The first-order chi connectivity index (χ1) is 13.2. The zero-order chi connectivity index (χ0) is 18.9. The summed E-state index contributed by atoms with van der Waals surface area (Å²) in [6, 6.07) is 14.9. The molecule has 2 aromatic carbocycles. The van der Waals surface area contributed by atoms with Crippen LogP contribution < -0.4 is 9.47 Å². The average molecular weight is 367 g/mol. The highest BCUT2D eigenvalue weighted by atomic mass is 16.5. The molecule has 0 unspecified atom stereocenters. The number of hydrogen-bond acceptors (Lipinski definition) is 5. The highest BCUT2D eigenvalue weighted by Crippen LogP contribution is 2.16. The topological polar surface area (TPSA) is 48.0 Å². The van der Waals surface area contributed by atoms with Gasteiger partial charge in [0, 0.05) is 25.2 Å². The molecule has 0 N–H and O–H groups in total. The molecule has 1 aliphatic rings. The Morgan fingerprint density at radius 3 is 2.63 bits per heavy atom. The summed E-state index contributed by atoms with van der Waals surface area (Å²) in [4.78, 5) is 14.6. The van der Waals surface area contributed by atoms with Crippen molar-refractivity contribution in [2.75, 3.05) is 46.6 Å². The molecule has 1 aliphatic heterocycles. The Bertz CT molecular complexity index is 764. The maximum absolute atomic E-state index is 12.3. The number of morpholine rings is 1. The van der Waals surface area contributed by atoms with Crippen LogP contribution in [-0.4, -0.2) is 57.2 Å². The summed E-state index contributed by atoms with van der Waals surface area (Å²) in [5, 5.41) is 0. The van der Waals surface area contributed by atoms with Crippen LogP contribution in [0.25, 0.3) is 6.08 Å². The van der Waals surface area contributed by atoms with Gasteiger partial charge in [-0.05, 0) is 35.9 Å². The number of benzene rings is 2. The quantitative estimate of drug-likeness (QED) is 0.529. The predicted octanol–water partition coefficient (Wildman–Crippen LogP) is 3.30. The van der Waals surface area contributed by atoms with Gasteiger partial charge in [-0.3, -0.25) is 9.69 Å². The van der Waals surface area contributed by atoms with E-state index >= 15 is 0 Å². The van der Waals surface area contributed by atoms with Crippen molar-refractivity contribution in [2.24, 2.45) is 0 Å². The third-order valence-corrected chi connectivity index (χ3v) is 4.44. The molecule has 1 heterocycles. The maximum atomic E-state index is 12.3. The van der Waals surface area contributed by atoms with Gasteiger partial charge in [0.1, 0.15) is 18.1 Å². The van der Waals surface area contributed by atoms with Crippen molar-refractivity contribution in [3.05, 3.63) is 65.7 Å². The van der Waals surface area contributed by atoms with Gasteiger partial charge in [0.25, 0.3) is 0 Å². The monoisotopic (exact) mass is 367 g/mol. The average Bonchev–Trinajstić information content (AvgIpc) is 2.74. The Labute approximate surface area is 160 Å². The van der Waals surface area contributed by atoms with E-state index in [-0.39, 0.29) is 5.78 Å². The van der Waals surface area contributed by atoms with E-state index in [0.29, 0.717) is 17.9 Å². The lowest BCUT2D eigenvalue weighted by Gasteiger charge is -2.26. The molecule has 0 aliphatic carbocycles. The summed E-state index contributed by atoms with van der Waals surface area (Å²) in [5.74, 6) is 1.45. The van der Waals surface area contributed by atoms with E-state index in [2.05, 4.69) is 4.90 Å². The van der Waals surface area contributed by atoms with Crippen molar-refractivity contribution >= 4 is 11.9 Å². The van der Waals surface area contributed by atoms with Gasteiger partial charge in [-0.1, -0.05) is 30.3 Å². The summed E-state index contributed by atoms with van der Waals surface area (Å²) in [5.41, 5.74) is 1.56. The molecule has 1 saturated heterocycles. The van der Waals surface area contributed by atoms with E-state index in [1.807, 2.05) is 36.4 Å². The molecular weight excluding hydrogens is 342 g/mol. The summed E-state index contributed by atoms with van der Waals surface area (Å²) in [7, 11) is 1.59. The van der Waals surface area contributed by atoms with Gasteiger partial charge in [0.15, 0.2) is 5.78 Å². The van der Waals surface area contributed by atoms with Crippen LogP contribution in [0.3, 0.4) is 0 Å². The summed E-state index contributed by atoms with van der Waals surface area (Å²) < 4.78 is 16.3. The fourth-order valence-corrected chi connectivity index (χ4v) is 2.84. The van der Waals surface area contributed by atoms with Crippen molar-refractivity contribution in [1.29, 1.82) is 0 Å². The number of nitrogens with zero attached hydrogens (tertiary/aromatic N) is 1. The van der Waals surface area contributed by atoms with Gasteiger partial charge in [-0.2, -0.15) is 0 Å². The minimum atomic E-state index is -0.0558. The van der Waals surface area contributed by atoms with Crippen LogP contribution >= 0.6 is 0 Å². The normalized spacial score (nSPS) is 15.0. The Kier molecular flexibility index (Phi) is 7.02. The zero-order valence-corrected chi connectivity index (χ0v) is 15.6. The van der Waals surface area contributed by atoms with Gasteiger partial charge in [-0.25, -0.2) is 0 Å². The molecule has 0 amide bonds. The number of ether oxygens (including phenoxy) is 3. The Hall–Kier alpha value is -2.63. The first-order valence-corrected chi connectivity index (χ1v) is 9.14. The Balaban J connectivity index is 1.49. The van der Waals surface area contributed by atoms with Gasteiger partial charge < -0.3 is 14.2 Å². The molecule has 0 radical (unpaired) electrons. The van der Waals surface area contributed by atoms with Crippen LogP contribution in [0.2, 0.25) is 0 Å². The fourth-order valence-electron chi connectivity index (χ4n) is 2.84. The number of allylic oxidation sites excluding steroid dienone is 1. The van der Waals surface area contributed by atoms with Crippen LogP contribution in [0.4, 0.5) is 0 Å². The van der Waals surface area contributed by atoms with Gasteiger partial charge in [0.2, 0.25) is 0 Å². The first kappa shape index (κ1) is 19.1. The number of hydrogen-bond donors (Lipinski definition) is 0.